The van der Waals surface area contributed by atoms with Gasteiger partial charge >= 0.3 is 0 Å². The van der Waals surface area contributed by atoms with Gasteiger partial charge in [-0.05, 0) is 6.92 Å². The largest absolute Gasteiger partial charge is 0.247 e. The Bertz CT molecular complexity index is 285. The predicted octanol–water partition coefficient (Wildman–Crippen LogP) is 1.01. The third-order valence-electron chi connectivity index (χ3n) is 1.14. The maximum Gasteiger partial charge on any atom is 0.247 e. The number of aryl methyl sites for hydroxylation is 2. The number of allylic oxidation sites excluding steroid dienone is 1. The highest BCUT2D eigenvalue weighted by molar-refractivity contribution is 5.72. The van der Waals surface area contributed by atoms with Crippen molar-refractivity contribution in [2.45, 2.75) is 6.92 Å². The normalized spacial score (nSPS) is 10.7. The maximum atomic E-state index is 4.05. The number of hydrogen-bond donors (Lipinski definition) is 0. The summed E-state index contributed by atoms with van der Waals surface area (Å²) in [4.78, 5) is 8.05. The summed E-state index contributed by atoms with van der Waals surface area (Å²) >= 11 is 0. The van der Waals surface area contributed by atoms with Crippen LogP contribution in [0.25, 0.3) is 0 Å². The second-order valence-electron chi connectivity index (χ2n) is 2.10. The van der Waals surface area contributed by atoms with E-state index in [0.29, 0.717) is 5.95 Å². The van der Waals surface area contributed by atoms with Gasteiger partial charge in [-0.1, -0.05) is 12.7 Å². The van der Waals surface area contributed by atoms with E-state index in [4.69, 9.17) is 0 Å². The van der Waals surface area contributed by atoms with Crippen molar-refractivity contribution in [1.29, 1.82) is 0 Å². The number of nitrogens with zero attached hydrogens (tertiary/aromatic N) is 4. The van der Waals surface area contributed by atoms with Crippen LogP contribution in [0.4, 0.5) is 5.95 Å². The average Bonchev–Trinajstić information content (AvgIpc) is 2.26. The molecule has 0 aliphatic carbocycles. The van der Waals surface area contributed by atoms with Crippen molar-refractivity contribution < 1.29 is 0 Å². The molecule has 11 heavy (non-hydrogen) atoms. The molecule has 0 unspecified atom stereocenters. The summed E-state index contributed by atoms with van der Waals surface area (Å²) in [6, 6.07) is 0. The fourth-order valence-corrected chi connectivity index (χ4v) is 0.733. The lowest BCUT2D eigenvalue weighted by Crippen LogP contribution is -1.89. The van der Waals surface area contributed by atoms with Gasteiger partial charge in [0.15, 0.2) is 0 Å². The molecule has 0 amide bonds. The first-order valence-electron chi connectivity index (χ1n) is 3.27. The van der Waals surface area contributed by atoms with Crippen LogP contribution in [0.3, 0.4) is 0 Å². The molecule has 1 aromatic heterocycles. The second kappa shape index (κ2) is 3.09. The molecule has 0 N–H and O–H groups in total. The zero-order chi connectivity index (χ0) is 8.27. The van der Waals surface area contributed by atoms with Crippen LogP contribution in [0.5, 0.6) is 0 Å². The van der Waals surface area contributed by atoms with Crippen molar-refractivity contribution >= 4 is 12.2 Å². The van der Waals surface area contributed by atoms with Crippen LogP contribution in [0.15, 0.2) is 17.6 Å². The van der Waals surface area contributed by atoms with E-state index in [0.717, 1.165) is 5.82 Å². The molecule has 0 atom stereocenters. The Morgan fingerprint density at radius 2 is 2.36 bits per heavy atom. The third kappa shape index (κ3) is 1.73. The Hall–Kier alpha value is -1.45. The summed E-state index contributed by atoms with van der Waals surface area (Å²) in [7, 11) is 1.80. The Balaban J connectivity index is 2.93. The van der Waals surface area contributed by atoms with E-state index < -0.39 is 0 Å². The lowest BCUT2D eigenvalue weighted by molar-refractivity contribution is 0.759. The van der Waals surface area contributed by atoms with Gasteiger partial charge in [-0.2, -0.15) is 10.1 Å². The lowest BCUT2D eigenvalue weighted by atomic mass is 10.7. The minimum Gasteiger partial charge on any atom is -0.233 e. The third-order valence-corrected chi connectivity index (χ3v) is 1.14. The minimum absolute atomic E-state index is 0.599. The van der Waals surface area contributed by atoms with Gasteiger partial charge in [-0.25, -0.2) is 9.67 Å². The summed E-state index contributed by atoms with van der Waals surface area (Å²) in [5.41, 5.74) is 0. The Labute approximate surface area is 65.3 Å². The quantitative estimate of drug-likeness (QED) is 0.590. The van der Waals surface area contributed by atoms with E-state index in [2.05, 4.69) is 21.7 Å². The van der Waals surface area contributed by atoms with Crippen LogP contribution >= 0.6 is 0 Å². The number of aliphatic imine (C=N–C) groups is 1. The molecule has 0 fully saturated rings. The number of hydrogen-bond acceptors (Lipinski definition) is 3. The van der Waals surface area contributed by atoms with E-state index in [1.54, 1.807) is 24.0 Å². The van der Waals surface area contributed by atoms with E-state index >= 15 is 0 Å². The molecule has 0 saturated heterocycles. The molecule has 0 spiro atoms. The first kappa shape index (κ1) is 7.65. The molecule has 1 rings (SSSR count). The molecule has 58 valence electrons. The first-order chi connectivity index (χ1) is 5.24. The van der Waals surface area contributed by atoms with Gasteiger partial charge in [0, 0.05) is 13.3 Å². The van der Waals surface area contributed by atoms with Gasteiger partial charge in [-0.3, -0.25) is 0 Å². The molecular formula is C7H10N4. The number of rotatable bonds is 2. The van der Waals surface area contributed by atoms with Crippen LogP contribution in [0, 0.1) is 6.92 Å². The highest BCUT2D eigenvalue weighted by Gasteiger charge is 1.98. The molecule has 0 aliphatic rings. The van der Waals surface area contributed by atoms with Gasteiger partial charge in [0.2, 0.25) is 5.95 Å². The fraction of sp³-hybridized carbons (Fsp3) is 0.286. The standard InChI is InChI=1S/C7H10N4/c1-4-5-8-7-9-6(2)10-11(7)3/h4-5H,1H2,2-3H3/b8-5-. The molecule has 1 aromatic rings. The van der Waals surface area contributed by atoms with Crippen molar-refractivity contribution in [3.63, 3.8) is 0 Å². The summed E-state index contributed by atoms with van der Waals surface area (Å²) < 4.78 is 1.62. The predicted molar refractivity (Wildman–Crippen MR) is 44.1 cm³/mol. The van der Waals surface area contributed by atoms with Crippen molar-refractivity contribution in [1.82, 2.24) is 14.8 Å². The Kier molecular flexibility index (Phi) is 2.15. The fourth-order valence-electron chi connectivity index (χ4n) is 0.733. The molecule has 0 saturated carbocycles. The first-order valence-corrected chi connectivity index (χ1v) is 3.27. The second-order valence-corrected chi connectivity index (χ2v) is 2.10. The van der Waals surface area contributed by atoms with Crippen LogP contribution in [0.2, 0.25) is 0 Å². The van der Waals surface area contributed by atoms with Crippen LogP contribution in [-0.2, 0) is 7.05 Å². The molecule has 0 aromatic carbocycles. The highest BCUT2D eigenvalue weighted by atomic mass is 15.4. The highest BCUT2D eigenvalue weighted by Crippen LogP contribution is 2.04. The van der Waals surface area contributed by atoms with Gasteiger partial charge in [-0.15, -0.1) is 0 Å². The van der Waals surface area contributed by atoms with Crippen LogP contribution < -0.4 is 0 Å². The molecule has 4 heteroatoms. The summed E-state index contributed by atoms with van der Waals surface area (Å²) in [6.07, 6.45) is 3.19. The molecule has 0 bridgehead atoms. The maximum absolute atomic E-state index is 4.05. The monoisotopic (exact) mass is 150 g/mol. The summed E-state index contributed by atoms with van der Waals surface area (Å²) in [5, 5.41) is 4.02. The molecule has 4 nitrogen and oxygen atoms in total. The van der Waals surface area contributed by atoms with Gasteiger partial charge in [0.05, 0.1) is 0 Å². The minimum atomic E-state index is 0.599. The van der Waals surface area contributed by atoms with E-state index in [-0.39, 0.29) is 0 Å². The van der Waals surface area contributed by atoms with E-state index in [1.807, 2.05) is 6.92 Å². The van der Waals surface area contributed by atoms with Crippen LogP contribution in [-0.4, -0.2) is 21.0 Å². The SMILES string of the molecule is C=C/C=N\c1nc(C)nn1C. The average molecular weight is 150 g/mol. The summed E-state index contributed by atoms with van der Waals surface area (Å²) in [5.74, 6) is 1.33. The molecule has 1 heterocycles. The van der Waals surface area contributed by atoms with Crippen LogP contribution in [0.1, 0.15) is 5.82 Å². The lowest BCUT2D eigenvalue weighted by Gasteiger charge is -1.87. The van der Waals surface area contributed by atoms with Gasteiger partial charge in [0.1, 0.15) is 5.82 Å². The Morgan fingerprint density at radius 3 is 2.82 bits per heavy atom. The zero-order valence-corrected chi connectivity index (χ0v) is 6.65. The van der Waals surface area contributed by atoms with Crippen molar-refractivity contribution in [2.75, 3.05) is 0 Å². The van der Waals surface area contributed by atoms with E-state index in [9.17, 15) is 0 Å². The molecule has 0 radical (unpaired) electrons. The van der Waals surface area contributed by atoms with Crippen molar-refractivity contribution in [3.05, 3.63) is 18.5 Å². The smallest absolute Gasteiger partial charge is 0.233 e. The molecular weight excluding hydrogens is 140 g/mol. The van der Waals surface area contributed by atoms with E-state index in [1.165, 1.54) is 0 Å². The van der Waals surface area contributed by atoms with Gasteiger partial charge in [0.25, 0.3) is 0 Å². The zero-order valence-electron chi connectivity index (χ0n) is 6.65. The van der Waals surface area contributed by atoms with Crippen molar-refractivity contribution in [2.24, 2.45) is 12.0 Å². The summed E-state index contributed by atoms with van der Waals surface area (Å²) in [6.45, 7) is 5.33. The van der Waals surface area contributed by atoms with Gasteiger partial charge < -0.3 is 0 Å². The van der Waals surface area contributed by atoms with Crippen molar-refractivity contribution in [3.8, 4) is 0 Å². The number of aromatic nitrogens is 3. The Morgan fingerprint density at radius 1 is 1.64 bits per heavy atom. The topological polar surface area (TPSA) is 43.1 Å². The molecule has 0 aliphatic heterocycles.